The molecule has 3 atom stereocenters. The van der Waals surface area contributed by atoms with Crippen molar-refractivity contribution in [2.24, 2.45) is 0 Å². The number of ether oxygens (including phenoxy) is 2. The standard InChI is InChI=1S/C17H27NO3/c1-12(18-15-5-4-6-16(19)10-15)13-7-8-17(21-3)14(9-13)11-20-2/h7-9,12,15-16,18-19H,4-6,10-11H2,1-3H3. The van der Waals surface area contributed by atoms with E-state index in [1.165, 1.54) is 5.56 Å². The van der Waals surface area contributed by atoms with Crippen molar-refractivity contribution < 1.29 is 14.6 Å². The first-order valence-electron chi connectivity index (χ1n) is 7.74. The van der Waals surface area contributed by atoms with Crippen LogP contribution in [0.3, 0.4) is 0 Å². The number of benzene rings is 1. The minimum atomic E-state index is -0.150. The lowest BCUT2D eigenvalue weighted by Crippen LogP contribution is -2.37. The molecule has 1 aliphatic carbocycles. The molecule has 0 radical (unpaired) electrons. The Bertz CT molecular complexity index is 450. The summed E-state index contributed by atoms with van der Waals surface area (Å²) in [6.07, 6.45) is 3.88. The molecule has 4 nitrogen and oxygen atoms in total. The lowest BCUT2D eigenvalue weighted by Gasteiger charge is -2.30. The first kappa shape index (κ1) is 16.3. The highest BCUT2D eigenvalue weighted by Crippen LogP contribution is 2.26. The molecule has 0 aliphatic heterocycles. The maximum atomic E-state index is 9.77. The molecule has 3 unspecified atom stereocenters. The molecule has 2 N–H and O–H groups in total. The van der Waals surface area contributed by atoms with Crippen LogP contribution >= 0.6 is 0 Å². The van der Waals surface area contributed by atoms with Gasteiger partial charge in [0.1, 0.15) is 5.75 Å². The van der Waals surface area contributed by atoms with Gasteiger partial charge in [0.15, 0.2) is 0 Å². The highest BCUT2D eigenvalue weighted by atomic mass is 16.5. The number of nitrogens with one attached hydrogen (secondary N) is 1. The van der Waals surface area contributed by atoms with Gasteiger partial charge in [0, 0.05) is 24.8 Å². The van der Waals surface area contributed by atoms with Crippen molar-refractivity contribution >= 4 is 0 Å². The van der Waals surface area contributed by atoms with Crippen LogP contribution in [0.25, 0.3) is 0 Å². The Balaban J connectivity index is 2.04. The SMILES string of the molecule is COCc1cc(C(C)NC2CCCC(O)C2)ccc1OC. The van der Waals surface area contributed by atoms with Crippen LogP contribution < -0.4 is 10.1 Å². The Kier molecular flexibility index (Phi) is 6.03. The quantitative estimate of drug-likeness (QED) is 0.847. The van der Waals surface area contributed by atoms with Gasteiger partial charge in [-0.2, -0.15) is 0 Å². The van der Waals surface area contributed by atoms with Crippen LogP contribution in [0.4, 0.5) is 0 Å². The number of rotatable bonds is 6. The number of methoxy groups -OCH3 is 2. The van der Waals surface area contributed by atoms with E-state index in [1.54, 1.807) is 14.2 Å². The molecule has 1 aromatic rings. The molecule has 0 amide bonds. The Labute approximate surface area is 127 Å². The zero-order valence-corrected chi connectivity index (χ0v) is 13.3. The van der Waals surface area contributed by atoms with Gasteiger partial charge in [-0.1, -0.05) is 6.07 Å². The van der Waals surface area contributed by atoms with Gasteiger partial charge < -0.3 is 19.9 Å². The smallest absolute Gasteiger partial charge is 0.124 e. The van der Waals surface area contributed by atoms with E-state index in [1.807, 2.05) is 6.07 Å². The second kappa shape index (κ2) is 7.78. The van der Waals surface area contributed by atoms with Crippen molar-refractivity contribution in [1.29, 1.82) is 0 Å². The lowest BCUT2D eigenvalue weighted by atomic mass is 9.92. The molecule has 1 saturated carbocycles. The summed E-state index contributed by atoms with van der Waals surface area (Å²) >= 11 is 0. The van der Waals surface area contributed by atoms with Crippen molar-refractivity contribution in [2.45, 2.75) is 57.4 Å². The second-order valence-electron chi connectivity index (χ2n) is 5.91. The normalized spacial score (nSPS) is 23.8. The van der Waals surface area contributed by atoms with Gasteiger partial charge in [-0.05, 0) is 50.3 Å². The summed E-state index contributed by atoms with van der Waals surface area (Å²) in [7, 11) is 3.37. The number of hydrogen-bond donors (Lipinski definition) is 2. The molecule has 118 valence electrons. The van der Waals surface area contributed by atoms with Crippen LogP contribution in [0.1, 0.15) is 49.8 Å². The van der Waals surface area contributed by atoms with Crippen molar-refractivity contribution in [3.63, 3.8) is 0 Å². The first-order chi connectivity index (χ1) is 10.1. The van der Waals surface area contributed by atoms with E-state index in [0.29, 0.717) is 12.6 Å². The van der Waals surface area contributed by atoms with Gasteiger partial charge in [-0.25, -0.2) is 0 Å². The molecule has 2 rings (SSSR count). The van der Waals surface area contributed by atoms with Gasteiger partial charge in [-0.15, -0.1) is 0 Å². The summed E-state index contributed by atoms with van der Waals surface area (Å²) in [5.41, 5.74) is 2.29. The van der Waals surface area contributed by atoms with Gasteiger partial charge in [0.2, 0.25) is 0 Å². The van der Waals surface area contributed by atoms with E-state index in [-0.39, 0.29) is 12.1 Å². The predicted octanol–water partition coefficient (Wildman–Crippen LogP) is 2.80. The van der Waals surface area contributed by atoms with Gasteiger partial charge >= 0.3 is 0 Å². The predicted molar refractivity (Wildman–Crippen MR) is 83.5 cm³/mol. The summed E-state index contributed by atoms with van der Waals surface area (Å²) in [6.45, 7) is 2.71. The van der Waals surface area contributed by atoms with E-state index < -0.39 is 0 Å². The van der Waals surface area contributed by atoms with Crippen molar-refractivity contribution in [2.75, 3.05) is 14.2 Å². The summed E-state index contributed by atoms with van der Waals surface area (Å²) < 4.78 is 10.6. The van der Waals surface area contributed by atoms with Crippen molar-refractivity contribution in [3.05, 3.63) is 29.3 Å². The van der Waals surface area contributed by atoms with Crippen LogP contribution in [0.15, 0.2) is 18.2 Å². The fourth-order valence-electron chi connectivity index (χ4n) is 3.10. The molecule has 4 heteroatoms. The Morgan fingerprint density at radius 3 is 2.81 bits per heavy atom. The second-order valence-corrected chi connectivity index (χ2v) is 5.91. The zero-order chi connectivity index (χ0) is 15.2. The molecule has 1 aliphatic rings. The van der Waals surface area contributed by atoms with Crippen LogP contribution in [0.2, 0.25) is 0 Å². The van der Waals surface area contributed by atoms with Crippen LogP contribution in [-0.4, -0.2) is 31.5 Å². The highest BCUT2D eigenvalue weighted by molar-refractivity contribution is 5.38. The molecular formula is C17H27NO3. The fraction of sp³-hybridized carbons (Fsp3) is 0.647. The molecule has 1 fully saturated rings. The number of hydrogen-bond acceptors (Lipinski definition) is 4. The summed E-state index contributed by atoms with van der Waals surface area (Å²) in [6, 6.07) is 6.88. The lowest BCUT2D eigenvalue weighted by molar-refractivity contribution is 0.109. The van der Waals surface area contributed by atoms with E-state index in [9.17, 15) is 5.11 Å². The van der Waals surface area contributed by atoms with Crippen molar-refractivity contribution in [3.8, 4) is 5.75 Å². The van der Waals surface area contributed by atoms with E-state index in [0.717, 1.165) is 37.0 Å². The summed E-state index contributed by atoms with van der Waals surface area (Å²) in [4.78, 5) is 0. The third-order valence-electron chi connectivity index (χ3n) is 4.24. The van der Waals surface area contributed by atoms with Crippen LogP contribution in [-0.2, 0) is 11.3 Å². The molecule has 0 saturated heterocycles. The van der Waals surface area contributed by atoms with Gasteiger partial charge in [-0.3, -0.25) is 0 Å². The molecule has 21 heavy (non-hydrogen) atoms. The topological polar surface area (TPSA) is 50.7 Å². The molecular weight excluding hydrogens is 266 g/mol. The monoisotopic (exact) mass is 293 g/mol. The van der Waals surface area contributed by atoms with Crippen molar-refractivity contribution in [1.82, 2.24) is 5.32 Å². The molecule has 0 spiro atoms. The average Bonchev–Trinajstić information content (AvgIpc) is 2.47. The molecule has 0 aromatic heterocycles. The Hall–Kier alpha value is -1.10. The summed E-state index contributed by atoms with van der Waals surface area (Å²) in [5.74, 6) is 0.862. The maximum absolute atomic E-state index is 9.77. The fourth-order valence-corrected chi connectivity index (χ4v) is 3.10. The largest absolute Gasteiger partial charge is 0.496 e. The molecule has 0 bridgehead atoms. The maximum Gasteiger partial charge on any atom is 0.124 e. The minimum absolute atomic E-state index is 0.150. The average molecular weight is 293 g/mol. The van der Waals surface area contributed by atoms with Gasteiger partial charge in [0.05, 0.1) is 19.8 Å². The van der Waals surface area contributed by atoms with Crippen LogP contribution in [0.5, 0.6) is 5.75 Å². The Morgan fingerprint density at radius 1 is 1.33 bits per heavy atom. The van der Waals surface area contributed by atoms with E-state index >= 15 is 0 Å². The molecule has 0 heterocycles. The van der Waals surface area contributed by atoms with Gasteiger partial charge in [0.25, 0.3) is 0 Å². The van der Waals surface area contributed by atoms with E-state index in [2.05, 4.69) is 24.4 Å². The number of aliphatic hydroxyl groups excluding tert-OH is 1. The van der Waals surface area contributed by atoms with Crippen LogP contribution in [0, 0.1) is 0 Å². The number of aliphatic hydroxyl groups is 1. The zero-order valence-electron chi connectivity index (χ0n) is 13.3. The Morgan fingerprint density at radius 2 is 2.14 bits per heavy atom. The molecule has 1 aromatic carbocycles. The van der Waals surface area contributed by atoms with E-state index in [4.69, 9.17) is 9.47 Å². The third kappa shape index (κ3) is 4.43. The third-order valence-corrected chi connectivity index (χ3v) is 4.24. The first-order valence-corrected chi connectivity index (χ1v) is 7.74. The minimum Gasteiger partial charge on any atom is -0.496 e. The summed E-state index contributed by atoms with van der Waals surface area (Å²) in [5, 5.41) is 13.4. The highest BCUT2D eigenvalue weighted by Gasteiger charge is 2.22.